The van der Waals surface area contributed by atoms with Crippen LogP contribution >= 0.6 is 23.2 Å². The molecule has 1 aromatic rings. The number of alkyl halides is 2. The quantitative estimate of drug-likeness (QED) is 0.745. The van der Waals surface area contributed by atoms with Crippen LogP contribution in [0, 0.1) is 0 Å². The van der Waals surface area contributed by atoms with Crippen LogP contribution in [-0.2, 0) is 4.79 Å². The molecule has 1 N–H and O–H groups in total. The smallest absolute Gasteiger partial charge is 0.317 e. The lowest BCUT2D eigenvalue weighted by atomic mass is 10.2. The number of halogens is 2. The average Bonchev–Trinajstić information content (AvgIpc) is 2.95. The predicted molar refractivity (Wildman–Crippen MR) is 95.3 cm³/mol. The van der Waals surface area contributed by atoms with Crippen LogP contribution in [0.15, 0.2) is 24.3 Å². The highest BCUT2D eigenvalue weighted by Crippen LogP contribution is 2.25. The lowest BCUT2D eigenvalue weighted by molar-refractivity contribution is -0.117. The molecule has 132 valence electrons. The number of carbonyl (C=O) groups excluding carboxylic acids is 2. The third kappa shape index (κ3) is 4.68. The number of carbonyl (C=O) groups is 2. The van der Waals surface area contributed by atoms with E-state index >= 15 is 0 Å². The van der Waals surface area contributed by atoms with Crippen LogP contribution < -0.4 is 15.0 Å². The molecule has 0 spiro atoms. The van der Waals surface area contributed by atoms with Crippen molar-refractivity contribution in [1.29, 1.82) is 0 Å². The number of hydrogen-bond donors (Lipinski definition) is 1. The molecule has 1 atom stereocenters. The van der Waals surface area contributed by atoms with Crippen molar-refractivity contribution in [3.63, 3.8) is 0 Å². The van der Waals surface area contributed by atoms with Crippen molar-refractivity contribution in [2.24, 2.45) is 0 Å². The number of amides is 3. The minimum atomic E-state index is -0.249. The van der Waals surface area contributed by atoms with Gasteiger partial charge in [-0.3, -0.25) is 4.79 Å². The van der Waals surface area contributed by atoms with Gasteiger partial charge in [0.25, 0.3) is 0 Å². The van der Waals surface area contributed by atoms with Crippen molar-refractivity contribution in [3.05, 3.63) is 24.3 Å². The number of urea groups is 1. The maximum Gasteiger partial charge on any atom is 0.317 e. The molecule has 2 rings (SSSR count). The van der Waals surface area contributed by atoms with E-state index in [1.807, 2.05) is 18.2 Å². The Bertz CT molecular complexity index is 579. The molecular formula is C16H21Cl2N3O3. The molecule has 24 heavy (non-hydrogen) atoms. The van der Waals surface area contributed by atoms with E-state index in [2.05, 4.69) is 5.32 Å². The van der Waals surface area contributed by atoms with Gasteiger partial charge in [-0.25, -0.2) is 4.79 Å². The minimum absolute atomic E-state index is 0.0326. The van der Waals surface area contributed by atoms with E-state index in [1.165, 1.54) is 0 Å². The fourth-order valence-electron chi connectivity index (χ4n) is 2.62. The van der Waals surface area contributed by atoms with E-state index < -0.39 is 0 Å². The maximum atomic E-state index is 12.3. The average molecular weight is 374 g/mol. The van der Waals surface area contributed by atoms with Gasteiger partial charge < -0.3 is 19.9 Å². The van der Waals surface area contributed by atoms with Crippen LogP contribution in [0.2, 0.25) is 0 Å². The molecule has 1 fully saturated rings. The minimum Gasteiger partial charge on any atom is -0.497 e. The van der Waals surface area contributed by atoms with Gasteiger partial charge in [0, 0.05) is 49.6 Å². The van der Waals surface area contributed by atoms with Crippen LogP contribution in [0.4, 0.5) is 10.5 Å². The second-order valence-electron chi connectivity index (χ2n) is 5.42. The molecule has 0 radical (unpaired) electrons. The molecule has 8 heteroatoms. The largest absolute Gasteiger partial charge is 0.497 e. The third-order valence-corrected chi connectivity index (χ3v) is 4.15. The summed E-state index contributed by atoms with van der Waals surface area (Å²) in [7, 11) is 1.58. The monoisotopic (exact) mass is 373 g/mol. The van der Waals surface area contributed by atoms with Crippen LogP contribution in [0.5, 0.6) is 5.75 Å². The van der Waals surface area contributed by atoms with Gasteiger partial charge >= 0.3 is 6.03 Å². The van der Waals surface area contributed by atoms with Crippen molar-refractivity contribution in [1.82, 2.24) is 10.2 Å². The van der Waals surface area contributed by atoms with Crippen molar-refractivity contribution in [3.8, 4) is 5.75 Å². The SMILES string of the molecule is COc1cccc(N2CC(NC(=O)N(CCCl)CCCl)CC2=O)c1. The zero-order valence-electron chi connectivity index (χ0n) is 13.5. The number of nitrogens with one attached hydrogen (secondary N) is 1. The molecule has 6 nitrogen and oxygen atoms in total. The number of methoxy groups -OCH3 is 1. The Labute approximate surface area is 151 Å². The Morgan fingerprint density at radius 3 is 2.71 bits per heavy atom. The molecule has 3 amide bonds. The molecule has 0 aromatic heterocycles. The first-order valence-electron chi connectivity index (χ1n) is 7.70. The summed E-state index contributed by atoms with van der Waals surface area (Å²) in [6.07, 6.45) is 0.262. The zero-order valence-corrected chi connectivity index (χ0v) is 15.0. The standard InChI is InChI=1S/C16H21Cl2N3O3/c1-24-14-4-2-3-13(10-14)21-11-12(9-15(21)22)19-16(23)20(7-5-17)8-6-18/h2-4,10,12H,5-9,11H2,1H3,(H,19,23). The maximum absolute atomic E-state index is 12.3. The molecular weight excluding hydrogens is 353 g/mol. The fraction of sp³-hybridized carbons (Fsp3) is 0.500. The number of benzene rings is 1. The van der Waals surface area contributed by atoms with E-state index in [-0.39, 0.29) is 24.4 Å². The Hall–Kier alpha value is -1.66. The second-order valence-corrected chi connectivity index (χ2v) is 6.18. The zero-order chi connectivity index (χ0) is 17.5. The molecule has 0 aliphatic carbocycles. The van der Waals surface area contributed by atoms with Gasteiger partial charge in [0.05, 0.1) is 13.2 Å². The van der Waals surface area contributed by atoms with Gasteiger partial charge in [0.1, 0.15) is 5.75 Å². The van der Waals surface area contributed by atoms with Crippen molar-refractivity contribution in [2.75, 3.05) is 43.4 Å². The van der Waals surface area contributed by atoms with Gasteiger partial charge in [-0.05, 0) is 12.1 Å². The van der Waals surface area contributed by atoms with Crippen molar-refractivity contribution in [2.45, 2.75) is 12.5 Å². The Balaban J connectivity index is 1.99. The Morgan fingerprint density at radius 2 is 2.08 bits per heavy atom. The first kappa shape index (κ1) is 18.7. The Kier molecular flexibility index (Phi) is 6.99. The number of anilines is 1. The molecule has 1 aliphatic heterocycles. The topological polar surface area (TPSA) is 61.9 Å². The number of rotatable bonds is 7. The van der Waals surface area contributed by atoms with E-state index in [9.17, 15) is 9.59 Å². The third-order valence-electron chi connectivity index (χ3n) is 3.81. The second kappa shape index (κ2) is 8.99. The lowest BCUT2D eigenvalue weighted by Crippen LogP contribution is -2.47. The van der Waals surface area contributed by atoms with Gasteiger partial charge in [0.15, 0.2) is 0 Å². The van der Waals surface area contributed by atoms with Crippen LogP contribution in [0.1, 0.15) is 6.42 Å². The molecule has 1 unspecified atom stereocenters. The van der Waals surface area contributed by atoms with E-state index in [0.717, 1.165) is 5.69 Å². The van der Waals surface area contributed by atoms with E-state index in [0.29, 0.717) is 37.1 Å². The summed E-state index contributed by atoms with van der Waals surface area (Å²) >= 11 is 11.4. The first-order valence-corrected chi connectivity index (χ1v) is 8.77. The molecule has 1 heterocycles. The summed E-state index contributed by atoms with van der Waals surface area (Å²) in [4.78, 5) is 27.8. The van der Waals surface area contributed by atoms with Crippen LogP contribution in [0.3, 0.4) is 0 Å². The van der Waals surface area contributed by atoms with Crippen LogP contribution in [0.25, 0.3) is 0 Å². The fourth-order valence-corrected chi connectivity index (χ4v) is 3.03. The lowest BCUT2D eigenvalue weighted by Gasteiger charge is -2.23. The molecule has 1 aliphatic rings. The van der Waals surface area contributed by atoms with E-state index in [4.69, 9.17) is 27.9 Å². The Morgan fingerprint density at radius 1 is 1.38 bits per heavy atom. The van der Waals surface area contributed by atoms with Gasteiger partial charge in [-0.15, -0.1) is 23.2 Å². The highest BCUT2D eigenvalue weighted by atomic mass is 35.5. The van der Waals surface area contributed by atoms with Gasteiger partial charge in [0.2, 0.25) is 5.91 Å². The summed E-state index contributed by atoms with van der Waals surface area (Å²) in [5.41, 5.74) is 0.759. The van der Waals surface area contributed by atoms with Gasteiger partial charge in [-0.1, -0.05) is 6.07 Å². The normalized spacial score (nSPS) is 17.0. The highest BCUT2D eigenvalue weighted by Gasteiger charge is 2.32. The number of hydrogen-bond acceptors (Lipinski definition) is 3. The molecule has 0 saturated carbocycles. The summed E-state index contributed by atoms with van der Waals surface area (Å²) in [6.45, 7) is 1.26. The summed E-state index contributed by atoms with van der Waals surface area (Å²) in [5, 5.41) is 2.88. The highest BCUT2D eigenvalue weighted by molar-refractivity contribution is 6.18. The van der Waals surface area contributed by atoms with Crippen molar-refractivity contribution < 1.29 is 14.3 Å². The van der Waals surface area contributed by atoms with Crippen LogP contribution in [-0.4, -0.2) is 61.4 Å². The first-order chi connectivity index (χ1) is 11.6. The van der Waals surface area contributed by atoms with Crippen molar-refractivity contribution >= 4 is 40.8 Å². The predicted octanol–water partition coefficient (Wildman–Crippen LogP) is 2.29. The number of ether oxygens (including phenoxy) is 1. The van der Waals surface area contributed by atoms with Gasteiger partial charge in [-0.2, -0.15) is 0 Å². The molecule has 0 bridgehead atoms. The number of nitrogens with zero attached hydrogens (tertiary/aromatic N) is 2. The molecule has 1 aromatic carbocycles. The molecule has 1 saturated heterocycles. The van der Waals surface area contributed by atoms with E-state index in [1.54, 1.807) is 23.0 Å². The summed E-state index contributed by atoms with van der Waals surface area (Å²) in [6, 6.07) is 6.80. The summed E-state index contributed by atoms with van der Waals surface area (Å²) < 4.78 is 5.19. The summed E-state index contributed by atoms with van der Waals surface area (Å²) in [5.74, 6) is 1.33.